The summed E-state index contributed by atoms with van der Waals surface area (Å²) in [5, 5.41) is 4.94. The van der Waals surface area contributed by atoms with E-state index in [1.807, 2.05) is 25.3 Å². The van der Waals surface area contributed by atoms with Crippen molar-refractivity contribution in [1.82, 2.24) is 13.7 Å². The van der Waals surface area contributed by atoms with Gasteiger partial charge in [-0.2, -0.15) is 0 Å². The Hall–Kier alpha value is -4.00. The van der Waals surface area contributed by atoms with Crippen LogP contribution in [0.4, 0.5) is 0 Å². The molecule has 0 saturated heterocycles. The van der Waals surface area contributed by atoms with E-state index in [0.717, 1.165) is 46.7 Å². The summed E-state index contributed by atoms with van der Waals surface area (Å²) in [6, 6.07) is 32.8. The molecule has 3 nitrogen and oxygen atoms in total. The van der Waals surface area contributed by atoms with Gasteiger partial charge in [0.1, 0.15) is 0 Å². The molecule has 221 valence electrons. The number of pyridine rings is 1. The fourth-order valence-electron chi connectivity index (χ4n) is 6.01. The quantitative estimate of drug-likeness (QED) is 0.128. The van der Waals surface area contributed by atoms with Gasteiger partial charge in [-0.3, -0.25) is 0 Å². The fraction of sp³-hybridized carbons (Fsp3) is 0.128. The summed E-state index contributed by atoms with van der Waals surface area (Å²) in [4.78, 5) is 4.77. The predicted molar refractivity (Wildman–Crippen MR) is 189 cm³/mol. The Balaban J connectivity index is 1.72. The number of hydrogen-bond acceptors (Lipinski definition) is 4. The minimum absolute atomic E-state index is 0.640. The molecule has 6 rings (SSSR count). The van der Waals surface area contributed by atoms with Crippen LogP contribution in [0.2, 0.25) is 0 Å². The molecule has 5 aromatic rings. The van der Waals surface area contributed by atoms with Crippen molar-refractivity contribution in [3.05, 3.63) is 149 Å². The molecule has 6 heteroatoms. The fourth-order valence-corrected chi connectivity index (χ4v) is 12.3. The monoisotopic (exact) mass is 797 g/mol. The normalized spacial score (nSPS) is 15.7. The molecule has 0 bridgehead atoms. The zero-order valence-electron chi connectivity index (χ0n) is 25.2. The Morgan fingerprint density at radius 1 is 0.800 bits per heavy atom. The second kappa shape index (κ2) is 14.4. The zero-order chi connectivity index (χ0) is 31.1. The van der Waals surface area contributed by atoms with E-state index in [9.17, 15) is 0 Å². The van der Waals surface area contributed by atoms with Crippen LogP contribution in [0, 0.1) is 16.2 Å². The van der Waals surface area contributed by atoms with Gasteiger partial charge in [0.2, 0.25) is 0 Å². The summed E-state index contributed by atoms with van der Waals surface area (Å²) >= 11 is 2.98. The van der Waals surface area contributed by atoms with Crippen molar-refractivity contribution in [3.63, 3.8) is 0 Å². The van der Waals surface area contributed by atoms with Crippen molar-refractivity contribution < 1.29 is 17.9 Å². The van der Waals surface area contributed by atoms with Crippen molar-refractivity contribution in [2.75, 3.05) is 0 Å². The maximum atomic E-state index is 4.77. The summed E-state index contributed by atoms with van der Waals surface area (Å²) < 4.78 is 13.0. The summed E-state index contributed by atoms with van der Waals surface area (Å²) in [5.41, 5.74) is 6.89. The van der Waals surface area contributed by atoms with E-state index in [0.29, 0.717) is 5.69 Å². The number of rotatable bonds is 6. The Kier molecular flexibility index (Phi) is 9.92. The molecule has 0 atom stereocenters. The molecule has 1 saturated carbocycles. The van der Waals surface area contributed by atoms with Crippen LogP contribution in [0.1, 0.15) is 44.4 Å². The molecular formula is C39H32N3OsPS+. The van der Waals surface area contributed by atoms with E-state index >= 15 is 0 Å². The van der Waals surface area contributed by atoms with Crippen molar-refractivity contribution in [2.24, 2.45) is 0 Å². The van der Waals surface area contributed by atoms with E-state index in [4.69, 9.17) is 4.98 Å². The molecule has 0 radical (unpaired) electrons. The Morgan fingerprint density at radius 3 is 1.93 bits per heavy atom. The number of nitrogens with zero attached hydrogens (tertiary/aromatic N) is 3. The Morgan fingerprint density at radius 2 is 1.38 bits per heavy atom. The number of hydrogen-bond donors (Lipinski definition) is 0. The molecule has 45 heavy (non-hydrogen) atoms. The Labute approximate surface area is 280 Å². The van der Waals surface area contributed by atoms with Crippen LogP contribution in [-0.2, 0) is 17.9 Å². The van der Waals surface area contributed by atoms with Gasteiger partial charge >= 0.3 is 282 Å². The number of benzene rings is 3. The molecular weight excluding hydrogens is 764 g/mol. The molecule has 1 aliphatic carbocycles. The van der Waals surface area contributed by atoms with Crippen molar-refractivity contribution in [1.29, 1.82) is 0 Å². The molecule has 3 aromatic carbocycles. The number of aromatic nitrogens is 3. The van der Waals surface area contributed by atoms with Crippen LogP contribution in [0.25, 0.3) is 17.1 Å². The van der Waals surface area contributed by atoms with E-state index in [1.165, 1.54) is 38.8 Å². The molecule has 0 unspecified atom stereocenters. The standard InChI is InChI=1S/C39H32N3PS.Os/c1-4-16-33-28-40-37(39-38(33)41-44-42-39)26-25-31(27-32-18-15-17-30(32)5-2)29(3)43(34-19-9-6-10-20-34,35-21-11-7-12-22-35)36-23-13-8-14-24-36;/h4-14,16,19-24,27-28H,15,17-18H2,1-2H3;/q+1;/b16-4+,30-5?,31-29?,32-27?;. The topological polar surface area (TPSA) is 38.7 Å². The molecule has 2 aromatic heterocycles. The summed E-state index contributed by atoms with van der Waals surface area (Å²) in [6.07, 6.45) is 13.7. The zero-order valence-corrected chi connectivity index (χ0v) is 29.5. The van der Waals surface area contributed by atoms with Gasteiger partial charge < -0.3 is 0 Å². The number of allylic oxidation sites excluding steroid dienone is 7. The van der Waals surface area contributed by atoms with Crippen LogP contribution in [0.15, 0.2) is 137 Å². The molecule has 0 aliphatic heterocycles. The average molecular weight is 796 g/mol. The SMILES string of the molecule is CC=C1CCCC1=CC(C#Cc1ncc(/C=C/C)c2nsnc12)=C([C]#[Os])[P+](c1ccccc1)(c1ccccc1)c1ccccc1. The molecule has 0 N–H and O–H groups in total. The first-order valence-electron chi connectivity index (χ1n) is 15.0. The van der Waals surface area contributed by atoms with Gasteiger partial charge in [-0.25, -0.2) is 0 Å². The van der Waals surface area contributed by atoms with Gasteiger partial charge in [0.05, 0.1) is 0 Å². The van der Waals surface area contributed by atoms with Gasteiger partial charge in [0, 0.05) is 0 Å². The van der Waals surface area contributed by atoms with E-state index < -0.39 is 7.26 Å². The van der Waals surface area contributed by atoms with E-state index in [1.54, 1.807) is 17.9 Å². The summed E-state index contributed by atoms with van der Waals surface area (Å²) in [5.74, 6) is 7.13. The van der Waals surface area contributed by atoms with Gasteiger partial charge in [0.15, 0.2) is 0 Å². The molecule has 2 heterocycles. The van der Waals surface area contributed by atoms with Crippen LogP contribution in [0.3, 0.4) is 0 Å². The van der Waals surface area contributed by atoms with Gasteiger partial charge in [0.25, 0.3) is 0 Å². The predicted octanol–water partition coefficient (Wildman–Crippen LogP) is 8.28. The van der Waals surface area contributed by atoms with Gasteiger partial charge in [-0.1, -0.05) is 0 Å². The minimum atomic E-state index is -2.43. The van der Waals surface area contributed by atoms with Crippen LogP contribution >= 0.6 is 19.0 Å². The van der Waals surface area contributed by atoms with Gasteiger partial charge in [-0.15, -0.1) is 0 Å². The summed E-state index contributed by atoms with van der Waals surface area (Å²) in [6.45, 7) is 4.13. The molecule has 0 amide bonds. The van der Waals surface area contributed by atoms with Crippen molar-refractivity contribution in [2.45, 2.75) is 33.1 Å². The second-order valence-electron chi connectivity index (χ2n) is 10.6. The van der Waals surface area contributed by atoms with E-state index in [-0.39, 0.29) is 0 Å². The van der Waals surface area contributed by atoms with Crippen molar-refractivity contribution >= 4 is 52.0 Å². The maximum absolute atomic E-state index is 4.77. The molecule has 0 spiro atoms. The van der Waals surface area contributed by atoms with Crippen LogP contribution in [-0.4, -0.2) is 13.7 Å². The van der Waals surface area contributed by atoms with E-state index in [2.05, 4.69) is 135 Å². The van der Waals surface area contributed by atoms with Crippen molar-refractivity contribution in [3.8, 4) is 16.2 Å². The first kappa shape index (κ1) is 31.0. The first-order valence-corrected chi connectivity index (χ1v) is 18.8. The average Bonchev–Trinajstić information content (AvgIpc) is 3.78. The van der Waals surface area contributed by atoms with Crippen LogP contribution < -0.4 is 15.9 Å². The van der Waals surface area contributed by atoms with Gasteiger partial charge in [-0.05, 0) is 0 Å². The molecule has 1 aliphatic rings. The first-order chi connectivity index (χ1) is 22.2. The van der Waals surface area contributed by atoms with Crippen LogP contribution in [0.5, 0.6) is 0 Å². The third-order valence-electron chi connectivity index (χ3n) is 8.06. The second-order valence-corrected chi connectivity index (χ2v) is 15.1. The Bertz CT molecular complexity index is 1960. The third-order valence-corrected chi connectivity index (χ3v) is 14.0. The summed E-state index contributed by atoms with van der Waals surface area (Å²) in [7, 11) is -2.43. The number of fused-ring (bicyclic) bond motifs is 1. The third kappa shape index (κ3) is 6.14. The molecule has 1 fully saturated rings.